The summed E-state index contributed by atoms with van der Waals surface area (Å²) in [5.74, 6) is 2.99. The molecule has 1 fully saturated rings. The number of fused-ring (bicyclic) bond motifs is 1. The zero-order chi connectivity index (χ0) is 17.3. The second-order valence-corrected chi connectivity index (χ2v) is 8.48. The summed E-state index contributed by atoms with van der Waals surface area (Å²) >= 11 is 5.24. The quantitative estimate of drug-likeness (QED) is 0.693. The molecule has 25 heavy (non-hydrogen) atoms. The number of hydrogen-bond donors (Lipinski definition) is 2. The number of thioether (sulfide) groups is 1. The van der Waals surface area contributed by atoms with Crippen molar-refractivity contribution in [3.8, 4) is 0 Å². The average Bonchev–Trinajstić information content (AvgIpc) is 2.63. The molecule has 2 aromatic carbocycles. The number of amidine groups is 1. The monoisotopic (exact) mass is 419 g/mol. The second-order valence-electron chi connectivity index (χ2n) is 6.40. The van der Waals surface area contributed by atoms with E-state index >= 15 is 0 Å². The summed E-state index contributed by atoms with van der Waals surface area (Å²) in [5.41, 5.74) is 3.06. The maximum atomic E-state index is 13.4. The molecular weight excluding hydrogens is 401 g/mol. The Balaban J connectivity index is 1.66. The fourth-order valence-electron chi connectivity index (χ4n) is 3.35. The van der Waals surface area contributed by atoms with Gasteiger partial charge in [0.25, 0.3) is 0 Å². The molecule has 2 N–H and O–H groups in total. The van der Waals surface area contributed by atoms with Crippen molar-refractivity contribution in [2.45, 2.75) is 24.9 Å². The van der Waals surface area contributed by atoms with Gasteiger partial charge in [0.1, 0.15) is 11.7 Å². The van der Waals surface area contributed by atoms with Crippen LogP contribution in [0.5, 0.6) is 0 Å². The lowest BCUT2D eigenvalue weighted by atomic mass is 9.87. The van der Waals surface area contributed by atoms with Crippen LogP contribution in [0, 0.1) is 5.82 Å². The summed E-state index contributed by atoms with van der Waals surface area (Å²) in [6.07, 6.45) is 2.09. The van der Waals surface area contributed by atoms with E-state index in [0.29, 0.717) is 11.0 Å². The van der Waals surface area contributed by atoms with Crippen LogP contribution in [0.4, 0.5) is 15.8 Å². The summed E-state index contributed by atoms with van der Waals surface area (Å²) in [7, 11) is 0. The third-order valence-corrected chi connectivity index (χ3v) is 6.35. The smallest absolute Gasteiger partial charge is 0.137 e. The number of nitrogens with one attached hydrogen (secondary N) is 2. The van der Waals surface area contributed by atoms with Crippen LogP contribution in [0.15, 0.2) is 51.9 Å². The highest BCUT2D eigenvalue weighted by Gasteiger charge is 2.40. The van der Waals surface area contributed by atoms with Gasteiger partial charge in [-0.3, -0.25) is 4.99 Å². The van der Waals surface area contributed by atoms with E-state index in [1.807, 2.05) is 17.8 Å². The number of nitrogens with zero attached hydrogens (tertiary/aromatic N) is 1. The molecule has 0 unspecified atom stereocenters. The highest BCUT2D eigenvalue weighted by Crippen LogP contribution is 2.38. The third kappa shape index (κ3) is 3.42. The van der Waals surface area contributed by atoms with Gasteiger partial charge in [0.2, 0.25) is 0 Å². The zero-order valence-electron chi connectivity index (χ0n) is 13.7. The molecule has 0 aliphatic carbocycles. The SMILES string of the molecule is Fc1ccc(CN=C2Nc3ccccc3NC23CCSCC3)cc1Br. The maximum absolute atomic E-state index is 13.4. The largest absolute Gasteiger partial charge is 0.371 e. The molecule has 0 bridgehead atoms. The van der Waals surface area contributed by atoms with Crippen molar-refractivity contribution in [2.75, 3.05) is 22.1 Å². The molecule has 6 heteroatoms. The van der Waals surface area contributed by atoms with Gasteiger partial charge in [-0.1, -0.05) is 18.2 Å². The first-order chi connectivity index (χ1) is 12.2. The topological polar surface area (TPSA) is 36.4 Å². The highest BCUT2D eigenvalue weighted by atomic mass is 79.9. The van der Waals surface area contributed by atoms with E-state index in [0.717, 1.165) is 47.1 Å². The van der Waals surface area contributed by atoms with Crippen molar-refractivity contribution < 1.29 is 4.39 Å². The predicted molar refractivity (Wildman–Crippen MR) is 108 cm³/mol. The Morgan fingerprint density at radius 3 is 2.64 bits per heavy atom. The van der Waals surface area contributed by atoms with E-state index in [1.54, 1.807) is 12.1 Å². The maximum Gasteiger partial charge on any atom is 0.137 e. The van der Waals surface area contributed by atoms with Crippen molar-refractivity contribution in [3.63, 3.8) is 0 Å². The normalized spacial score (nSPS) is 20.0. The van der Waals surface area contributed by atoms with Crippen LogP contribution in [-0.4, -0.2) is 22.9 Å². The number of para-hydroxylation sites is 2. The van der Waals surface area contributed by atoms with Crippen molar-refractivity contribution in [1.29, 1.82) is 0 Å². The Bertz CT molecular complexity index is 818. The molecule has 0 amide bonds. The molecule has 2 aliphatic rings. The van der Waals surface area contributed by atoms with Crippen molar-refractivity contribution >= 4 is 44.9 Å². The van der Waals surface area contributed by atoms with Gasteiger partial charge < -0.3 is 10.6 Å². The Labute approximate surface area is 159 Å². The molecule has 0 radical (unpaired) electrons. The summed E-state index contributed by atoms with van der Waals surface area (Å²) in [5, 5.41) is 7.29. The Kier molecular flexibility index (Phi) is 4.73. The van der Waals surface area contributed by atoms with Gasteiger partial charge in [-0.25, -0.2) is 4.39 Å². The molecule has 2 aromatic rings. The minimum absolute atomic E-state index is 0.128. The number of halogens is 2. The molecule has 1 spiro atoms. The van der Waals surface area contributed by atoms with Crippen molar-refractivity contribution in [1.82, 2.24) is 0 Å². The van der Waals surface area contributed by atoms with Gasteiger partial charge in [0, 0.05) is 0 Å². The zero-order valence-corrected chi connectivity index (χ0v) is 16.1. The standard InChI is InChI=1S/C19H19BrFN3S/c20-14-11-13(5-6-15(14)21)12-22-18-19(7-9-25-10-8-19)24-17-4-2-1-3-16(17)23-18/h1-6,11,24H,7-10,12H2,(H,22,23). The lowest BCUT2D eigenvalue weighted by Gasteiger charge is -2.43. The van der Waals surface area contributed by atoms with E-state index in [9.17, 15) is 4.39 Å². The van der Waals surface area contributed by atoms with Gasteiger partial charge in [-0.05, 0) is 70.1 Å². The predicted octanol–water partition coefficient (Wildman–Crippen LogP) is 5.29. The Morgan fingerprint density at radius 1 is 1.12 bits per heavy atom. The van der Waals surface area contributed by atoms with E-state index in [2.05, 4.69) is 44.8 Å². The lowest BCUT2D eigenvalue weighted by Crippen LogP contribution is -2.54. The minimum Gasteiger partial charge on any atom is -0.371 e. The summed E-state index contributed by atoms with van der Waals surface area (Å²) < 4.78 is 13.9. The Morgan fingerprint density at radius 2 is 1.88 bits per heavy atom. The van der Waals surface area contributed by atoms with E-state index in [4.69, 9.17) is 4.99 Å². The van der Waals surface area contributed by atoms with Gasteiger partial charge in [0.15, 0.2) is 0 Å². The van der Waals surface area contributed by atoms with E-state index in [-0.39, 0.29) is 11.4 Å². The van der Waals surface area contributed by atoms with Gasteiger partial charge in [-0.2, -0.15) is 11.8 Å². The molecule has 3 nitrogen and oxygen atoms in total. The van der Waals surface area contributed by atoms with Crippen LogP contribution >= 0.6 is 27.7 Å². The van der Waals surface area contributed by atoms with Crippen LogP contribution < -0.4 is 10.6 Å². The minimum atomic E-state index is -0.247. The van der Waals surface area contributed by atoms with Crippen molar-refractivity contribution in [2.24, 2.45) is 4.99 Å². The molecule has 4 rings (SSSR count). The molecule has 0 saturated carbocycles. The van der Waals surface area contributed by atoms with Crippen LogP contribution in [0.25, 0.3) is 0 Å². The van der Waals surface area contributed by atoms with E-state index < -0.39 is 0 Å². The number of hydrogen-bond acceptors (Lipinski definition) is 3. The van der Waals surface area contributed by atoms with Gasteiger partial charge >= 0.3 is 0 Å². The number of rotatable bonds is 2. The molecule has 0 atom stereocenters. The van der Waals surface area contributed by atoms with Crippen LogP contribution in [-0.2, 0) is 6.54 Å². The van der Waals surface area contributed by atoms with Crippen LogP contribution in [0.1, 0.15) is 18.4 Å². The molecule has 2 aliphatic heterocycles. The number of aliphatic imine (C=N–C) groups is 1. The molecule has 0 aromatic heterocycles. The molecule has 130 valence electrons. The third-order valence-electron chi connectivity index (χ3n) is 4.76. The van der Waals surface area contributed by atoms with Crippen LogP contribution in [0.3, 0.4) is 0 Å². The first kappa shape index (κ1) is 16.9. The van der Waals surface area contributed by atoms with Crippen LogP contribution in [0.2, 0.25) is 0 Å². The highest BCUT2D eigenvalue weighted by molar-refractivity contribution is 9.10. The molecule has 2 heterocycles. The first-order valence-corrected chi connectivity index (χ1v) is 10.3. The van der Waals surface area contributed by atoms with E-state index in [1.165, 1.54) is 6.07 Å². The summed E-state index contributed by atoms with van der Waals surface area (Å²) in [4.78, 5) is 4.89. The Hall–Kier alpha value is -1.53. The van der Waals surface area contributed by atoms with Crippen molar-refractivity contribution in [3.05, 3.63) is 58.3 Å². The summed E-state index contributed by atoms with van der Waals surface area (Å²) in [6.45, 7) is 0.528. The average molecular weight is 420 g/mol. The van der Waals surface area contributed by atoms with Gasteiger partial charge in [-0.15, -0.1) is 0 Å². The number of anilines is 2. The summed E-state index contributed by atoms with van der Waals surface area (Å²) in [6, 6.07) is 13.3. The first-order valence-electron chi connectivity index (χ1n) is 8.37. The lowest BCUT2D eigenvalue weighted by molar-refractivity contribution is 0.559. The fraction of sp³-hybridized carbons (Fsp3) is 0.316. The molecule has 1 saturated heterocycles. The fourth-order valence-corrected chi connectivity index (χ4v) is 4.96. The second kappa shape index (κ2) is 7.00. The number of benzene rings is 2. The molecular formula is C19H19BrFN3S. The van der Waals surface area contributed by atoms with Gasteiger partial charge in [0.05, 0.1) is 27.9 Å².